The van der Waals surface area contributed by atoms with E-state index in [1.54, 1.807) is 16.0 Å². The van der Waals surface area contributed by atoms with E-state index in [1.165, 1.54) is 0 Å². The fraction of sp³-hybridized carbons (Fsp3) is 0.826. The molecule has 0 aromatic rings. The zero-order chi connectivity index (χ0) is 35.3. The van der Waals surface area contributed by atoms with Gasteiger partial charge in [-0.05, 0) is 19.3 Å². The lowest BCUT2D eigenvalue weighted by molar-refractivity contribution is -0.173. The highest BCUT2D eigenvalue weighted by Gasteiger charge is 2.40. The summed E-state index contributed by atoms with van der Waals surface area (Å²) in [5, 5.41) is 13.6. The summed E-state index contributed by atoms with van der Waals surface area (Å²) >= 11 is 0. The summed E-state index contributed by atoms with van der Waals surface area (Å²) in [6, 6.07) is 1.82. The summed E-state index contributed by atoms with van der Waals surface area (Å²) in [7, 11) is -2.07. The van der Waals surface area contributed by atoms with Gasteiger partial charge in [0.25, 0.3) is 8.53 Å². The van der Waals surface area contributed by atoms with E-state index in [0.717, 1.165) is 0 Å². The summed E-state index contributed by atoms with van der Waals surface area (Å²) in [6.45, 7) is -3.07. The minimum absolute atomic E-state index is 0.0134. The van der Waals surface area contributed by atoms with E-state index >= 15 is 0 Å². The molecule has 0 aliphatic rings. The van der Waals surface area contributed by atoms with Crippen LogP contribution in [-0.2, 0) is 37.6 Å². The van der Waals surface area contributed by atoms with E-state index in [2.05, 4.69) is 0 Å². The van der Waals surface area contributed by atoms with Gasteiger partial charge in [0.15, 0.2) is 0 Å². The van der Waals surface area contributed by atoms with Gasteiger partial charge in [0.2, 0.25) is 0 Å². The Morgan fingerprint density at radius 2 is 0.957 bits per heavy atom. The van der Waals surface area contributed by atoms with Gasteiger partial charge < -0.3 is 39.2 Å². The van der Waals surface area contributed by atoms with E-state index in [4.69, 9.17) is 34.0 Å². The first-order chi connectivity index (χ1) is 21.3. The Labute approximate surface area is 258 Å². The lowest BCUT2D eigenvalue weighted by Gasteiger charge is -2.33. The number of halogens is 9. The molecule has 0 fully saturated rings. The molecule has 1 atom stereocenters. The third kappa shape index (κ3) is 21.3. The van der Waals surface area contributed by atoms with Gasteiger partial charge in [0.05, 0.1) is 50.9 Å². The predicted octanol–water partition coefficient (Wildman–Crippen LogP) is 2.36. The second kappa shape index (κ2) is 22.1. The first kappa shape index (κ1) is 43.5. The van der Waals surface area contributed by atoms with Gasteiger partial charge in [-0.25, -0.2) is 0 Å². The molecule has 0 radical (unpaired) electrons. The lowest BCUT2D eigenvalue weighted by atomic mass is 9.92. The number of rotatable bonds is 24. The number of carbonyl (C=O) groups is 3. The van der Waals surface area contributed by atoms with E-state index in [0.29, 0.717) is 0 Å². The molecule has 3 amide bonds. The average Bonchev–Trinajstić information content (AvgIpc) is 2.95. The Balaban J connectivity index is 5.35. The molecule has 0 rings (SSSR count). The number of nitrogens with two attached hydrogens (primary N) is 1. The van der Waals surface area contributed by atoms with Gasteiger partial charge in [-0.3, -0.25) is 19.9 Å². The highest BCUT2D eigenvalue weighted by Crippen LogP contribution is 2.33. The first-order valence-corrected chi connectivity index (χ1v) is 14.5. The van der Waals surface area contributed by atoms with Crippen LogP contribution in [0.5, 0.6) is 0 Å². The summed E-state index contributed by atoms with van der Waals surface area (Å²) in [6.07, 6.45) is -15.5. The normalized spacial score (nSPS) is 13.2. The number of hydrogen-bond donors (Lipinski definition) is 4. The number of ether oxygens (including phenoxy) is 3. The molecule has 0 spiro atoms. The summed E-state index contributed by atoms with van der Waals surface area (Å²) in [5.74, 6) is -6.45. The van der Waals surface area contributed by atoms with E-state index in [-0.39, 0.29) is 78.5 Å². The Morgan fingerprint density at radius 1 is 0.609 bits per heavy atom. The molecule has 13 nitrogen and oxygen atoms in total. The van der Waals surface area contributed by atoms with Crippen molar-refractivity contribution in [1.29, 1.82) is 5.26 Å². The molecule has 46 heavy (non-hydrogen) atoms. The van der Waals surface area contributed by atoms with Crippen LogP contribution in [0, 0.1) is 16.7 Å². The summed E-state index contributed by atoms with van der Waals surface area (Å²) in [5.41, 5.74) is 4.49. The standard InChI is InChI=1S/C23H35F9N5O8P/c24-21(25,26)17(38)35-6-2-9-41-13-20(16-45-46(34)44-12-1-5-33,14-42-10-3-7-36-18(39)22(27,28)29)15-43-11-4-8-37-19(40)23(30,31)32/h1-4,6-16,34H2,(H,35,38)(H,36,39)(H,37,40). The molecule has 0 heterocycles. The molecule has 0 aliphatic carbocycles. The molecular weight excluding hydrogens is 676 g/mol. The van der Waals surface area contributed by atoms with Crippen molar-refractivity contribution in [3.63, 3.8) is 0 Å². The Kier molecular flexibility index (Phi) is 20.9. The maximum Gasteiger partial charge on any atom is 0.471 e. The van der Waals surface area contributed by atoms with Crippen molar-refractivity contribution in [2.75, 3.05) is 72.5 Å². The fourth-order valence-corrected chi connectivity index (χ4v) is 3.71. The second-order valence-corrected chi connectivity index (χ2v) is 10.4. The van der Waals surface area contributed by atoms with Gasteiger partial charge in [0, 0.05) is 39.5 Å². The van der Waals surface area contributed by atoms with Crippen molar-refractivity contribution in [3.05, 3.63) is 0 Å². The van der Waals surface area contributed by atoms with Crippen molar-refractivity contribution in [1.82, 2.24) is 16.0 Å². The topological polar surface area (TPSA) is 183 Å². The largest absolute Gasteiger partial charge is 0.471 e. The van der Waals surface area contributed by atoms with Crippen LogP contribution in [0.1, 0.15) is 25.7 Å². The van der Waals surface area contributed by atoms with Crippen molar-refractivity contribution >= 4 is 26.2 Å². The molecule has 0 aromatic carbocycles. The predicted molar refractivity (Wildman–Crippen MR) is 139 cm³/mol. The maximum absolute atomic E-state index is 12.3. The molecule has 0 aromatic heterocycles. The van der Waals surface area contributed by atoms with Crippen LogP contribution in [0.4, 0.5) is 39.5 Å². The molecule has 0 aliphatic heterocycles. The first-order valence-electron chi connectivity index (χ1n) is 13.3. The zero-order valence-corrected chi connectivity index (χ0v) is 25.1. The van der Waals surface area contributed by atoms with Crippen LogP contribution in [0.2, 0.25) is 0 Å². The zero-order valence-electron chi connectivity index (χ0n) is 24.2. The van der Waals surface area contributed by atoms with Crippen molar-refractivity contribution < 1.29 is 77.2 Å². The maximum atomic E-state index is 12.3. The third-order valence-corrected chi connectivity index (χ3v) is 6.00. The minimum Gasteiger partial charge on any atom is -0.381 e. The van der Waals surface area contributed by atoms with Crippen molar-refractivity contribution in [2.24, 2.45) is 10.9 Å². The number of nitriles is 1. The summed E-state index contributed by atoms with van der Waals surface area (Å²) in [4.78, 5) is 32.8. The van der Waals surface area contributed by atoms with Gasteiger partial charge in [0.1, 0.15) is 0 Å². The molecule has 5 N–H and O–H groups in total. The molecule has 0 saturated carbocycles. The van der Waals surface area contributed by atoms with Crippen LogP contribution >= 0.6 is 8.53 Å². The number of hydrogen-bond acceptors (Lipinski definition) is 10. The van der Waals surface area contributed by atoms with E-state index < -0.39 is 69.8 Å². The van der Waals surface area contributed by atoms with E-state index in [9.17, 15) is 53.9 Å². The lowest BCUT2D eigenvalue weighted by Crippen LogP contribution is -2.42. The van der Waals surface area contributed by atoms with Crippen LogP contribution < -0.4 is 21.5 Å². The molecule has 1 unspecified atom stereocenters. The van der Waals surface area contributed by atoms with Gasteiger partial charge in [-0.1, -0.05) is 0 Å². The third-order valence-electron chi connectivity index (χ3n) is 5.18. The second-order valence-electron chi connectivity index (χ2n) is 9.28. The Bertz CT molecular complexity index is 860. The number of nitrogens with one attached hydrogen (secondary N) is 3. The smallest absolute Gasteiger partial charge is 0.381 e. The molecule has 268 valence electrons. The van der Waals surface area contributed by atoms with Crippen LogP contribution in [0.3, 0.4) is 0 Å². The summed E-state index contributed by atoms with van der Waals surface area (Å²) < 4.78 is 138. The number of carbonyl (C=O) groups excluding carboxylic acids is 3. The van der Waals surface area contributed by atoms with Crippen molar-refractivity contribution in [2.45, 2.75) is 44.2 Å². The number of alkyl halides is 9. The Hall–Kier alpha value is -2.54. The quantitative estimate of drug-likeness (QED) is 0.0659. The fourth-order valence-electron chi connectivity index (χ4n) is 2.96. The van der Waals surface area contributed by atoms with Gasteiger partial charge in [-0.15, -0.1) is 0 Å². The molecular formula is C23H35F9N5O8P. The monoisotopic (exact) mass is 711 g/mol. The van der Waals surface area contributed by atoms with Crippen LogP contribution in [-0.4, -0.2) is 109 Å². The van der Waals surface area contributed by atoms with Gasteiger partial charge in [-0.2, -0.15) is 44.8 Å². The SMILES string of the molecule is N#CCCOP(N)OCC(COCCCNC(=O)C(F)(F)F)(COCCCNC(=O)C(F)(F)F)COCCCNC(=O)C(F)(F)F. The highest BCUT2D eigenvalue weighted by molar-refractivity contribution is 7.44. The van der Waals surface area contributed by atoms with Crippen LogP contribution in [0.25, 0.3) is 0 Å². The number of nitrogens with zero attached hydrogens (tertiary/aromatic N) is 1. The highest BCUT2D eigenvalue weighted by atomic mass is 31.2. The molecule has 0 saturated heterocycles. The van der Waals surface area contributed by atoms with E-state index in [1.807, 2.05) is 6.07 Å². The van der Waals surface area contributed by atoms with Crippen LogP contribution in [0.15, 0.2) is 0 Å². The van der Waals surface area contributed by atoms with Crippen molar-refractivity contribution in [3.8, 4) is 6.07 Å². The minimum atomic E-state index is -5.08. The average molecular weight is 712 g/mol. The number of amides is 3. The van der Waals surface area contributed by atoms with Gasteiger partial charge >= 0.3 is 36.3 Å². The Morgan fingerprint density at radius 3 is 1.26 bits per heavy atom. The molecule has 0 bridgehead atoms. The molecule has 23 heteroatoms.